The zero-order valence-electron chi connectivity index (χ0n) is 19.3. The minimum atomic E-state index is 0.551. The smallest absolute Gasteiger partial charge is 0.227 e. The van der Waals surface area contributed by atoms with Crippen LogP contribution in [0, 0.1) is 0 Å². The number of thiol groups is 1. The molecule has 5 N–H and O–H groups in total. The molecule has 0 unspecified atom stereocenters. The number of aromatic nitrogens is 2. The predicted molar refractivity (Wildman–Crippen MR) is 145 cm³/mol. The second-order valence-corrected chi connectivity index (χ2v) is 7.35. The summed E-state index contributed by atoms with van der Waals surface area (Å²) >= 11 is 4.27. The fourth-order valence-electron chi connectivity index (χ4n) is 2.87. The summed E-state index contributed by atoms with van der Waals surface area (Å²) in [5.41, 5.74) is 9.47. The van der Waals surface area contributed by atoms with Crippen LogP contribution in [-0.2, 0) is 0 Å². The first-order valence-corrected chi connectivity index (χ1v) is 11.6. The topological polar surface area (TPSA) is 87.9 Å². The molecule has 4 rings (SSSR count). The Labute approximate surface area is 202 Å². The van der Waals surface area contributed by atoms with E-state index in [1.165, 1.54) is 6.20 Å². The maximum Gasteiger partial charge on any atom is 0.227 e. The molecule has 3 aromatic rings. The van der Waals surface area contributed by atoms with Crippen LogP contribution in [0.15, 0.2) is 72.0 Å². The highest BCUT2D eigenvalue weighted by atomic mass is 32.1. The Morgan fingerprint density at radius 2 is 1.36 bits per heavy atom. The lowest BCUT2D eigenvalue weighted by Crippen LogP contribution is -2.39. The molecule has 6 nitrogen and oxygen atoms in total. The number of nitrogens with two attached hydrogens (primary N) is 1. The van der Waals surface area contributed by atoms with E-state index in [0.717, 1.165) is 53.5 Å². The average Bonchev–Trinajstić information content (AvgIpc) is 2.89. The number of rotatable bonds is 5. The Bertz CT molecular complexity index is 969. The maximum atomic E-state index is 5.49. The van der Waals surface area contributed by atoms with Crippen molar-refractivity contribution in [3.8, 4) is 0 Å². The van der Waals surface area contributed by atoms with Crippen molar-refractivity contribution in [1.29, 1.82) is 0 Å². The summed E-state index contributed by atoms with van der Waals surface area (Å²) < 4.78 is 0. The first-order valence-electron chi connectivity index (χ1n) is 11.2. The van der Waals surface area contributed by atoms with Gasteiger partial charge in [0.25, 0.3) is 0 Å². The molecule has 1 aliphatic heterocycles. The van der Waals surface area contributed by atoms with Crippen LogP contribution in [0.25, 0.3) is 18.2 Å². The Hall–Kier alpha value is -3.13. The highest BCUT2D eigenvalue weighted by Crippen LogP contribution is 2.17. The third kappa shape index (κ3) is 9.91. The van der Waals surface area contributed by atoms with Crippen LogP contribution in [0.4, 0.5) is 11.6 Å². The summed E-state index contributed by atoms with van der Waals surface area (Å²) in [6.45, 7) is 8.56. The Morgan fingerprint density at radius 3 is 1.88 bits per heavy atom. The Morgan fingerprint density at radius 1 is 0.818 bits per heavy atom. The summed E-state index contributed by atoms with van der Waals surface area (Å²) in [7, 11) is 0. The minimum absolute atomic E-state index is 0.551. The lowest BCUT2D eigenvalue weighted by molar-refractivity contribution is 0.534. The van der Waals surface area contributed by atoms with Gasteiger partial charge in [-0.3, -0.25) is 0 Å². The molecule has 0 amide bonds. The number of anilines is 2. The first-order chi connectivity index (χ1) is 16.2. The molecular formula is C26H34N6S. The molecule has 174 valence electrons. The van der Waals surface area contributed by atoms with E-state index in [1.54, 1.807) is 12.4 Å². The second kappa shape index (κ2) is 15.6. The van der Waals surface area contributed by atoms with E-state index in [0.29, 0.717) is 5.95 Å². The standard InChI is InChI=1S/C20H18N4S.C4H10N2.C2H6/c21-12-11-17-4-2-1-3-16(17)6-5-15-13-22-20(23-14-15)24-18-7-9-19(25)10-8-18;1-2-6-4-3-5-1;1-2/h1-14,25H,21H2,(H,22,23,24);5-6H,1-4H2;1-2H3/b6-5+,12-11-;;. The first kappa shape index (κ1) is 26.1. The molecule has 2 heterocycles. The van der Waals surface area contributed by atoms with Gasteiger partial charge >= 0.3 is 0 Å². The van der Waals surface area contributed by atoms with E-state index in [1.807, 2.05) is 80.6 Å². The van der Waals surface area contributed by atoms with Crippen molar-refractivity contribution >= 4 is 42.5 Å². The molecule has 0 aliphatic carbocycles. The molecule has 1 aromatic heterocycles. The van der Waals surface area contributed by atoms with E-state index >= 15 is 0 Å². The fourth-order valence-corrected chi connectivity index (χ4v) is 3.02. The van der Waals surface area contributed by atoms with Crippen LogP contribution in [0.2, 0.25) is 0 Å². The van der Waals surface area contributed by atoms with Gasteiger partial charge in [0.15, 0.2) is 0 Å². The van der Waals surface area contributed by atoms with Crippen molar-refractivity contribution in [1.82, 2.24) is 20.6 Å². The Balaban J connectivity index is 0.000000411. The lowest BCUT2D eigenvalue weighted by atomic mass is 10.1. The SMILES string of the molecule is C1CNCCN1.CC.N/C=C\c1ccccc1/C=C/c1cnc(Nc2ccc(S)cc2)nc1. The highest BCUT2D eigenvalue weighted by Gasteiger charge is 1.99. The van der Waals surface area contributed by atoms with E-state index in [4.69, 9.17) is 5.73 Å². The molecule has 1 fully saturated rings. The lowest BCUT2D eigenvalue weighted by Gasteiger charge is -2.11. The van der Waals surface area contributed by atoms with E-state index in [9.17, 15) is 0 Å². The molecule has 2 aromatic carbocycles. The van der Waals surface area contributed by atoms with Crippen LogP contribution in [0.1, 0.15) is 30.5 Å². The van der Waals surface area contributed by atoms with Gasteiger partial charge in [-0.25, -0.2) is 9.97 Å². The molecule has 0 saturated carbocycles. The van der Waals surface area contributed by atoms with Crippen molar-refractivity contribution in [3.63, 3.8) is 0 Å². The molecule has 1 saturated heterocycles. The molecular weight excluding hydrogens is 428 g/mol. The quantitative estimate of drug-likeness (QED) is 0.350. The number of hydrogen-bond donors (Lipinski definition) is 5. The monoisotopic (exact) mass is 462 g/mol. The van der Waals surface area contributed by atoms with Crippen molar-refractivity contribution in [2.45, 2.75) is 18.7 Å². The molecule has 7 heteroatoms. The van der Waals surface area contributed by atoms with Gasteiger partial charge in [-0.15, -0.1) is 12.6 Å². The number of hydrogen-bond acceptors (Lipinski definition) is 7. The number of benzene rings is 2. The maximum absolute atomic E-state index is 5.49. The van der Waals surface area contributed by atoms with Gasteiger partial charge in [-0.1, -0.05) is 50.3 Å². The fraction of sp³-hybridized carbons (Fsp3) is 0.231. The van der Waals surface area contributed by atoms with Gasteiger partial charge in [0, 0.05) is 54.7 Å². The summed E-state index contributed by atoms with van der Waals surface area (Å²) in [5.74, 6) is 0.551. The molecule has 0 spiro atoms. The van der Waals surface area contributed by atoms with Gasteiger partial charge in [-0.2, -0.15) is 0 Å². The van der Waals surface area contributed by atoms with E-state index in [2.05, 4.69) is 38.5 Å². The van der Waals surface area contributed by atoms with Crippen LogP contribution >= 0.6 is 12.6 Å². The molecule has 0 atom stereocenters. The van der Waals surface area contributed by atoms with Gasteiger partial charge in [0.2, 0.25) is 5.95 Å². The molecule has 0 radical (unpaired) electrons. The predicted octanol–water partition coefficient (Wildman–Crippen LogP) is 4.81. The summed E-state index contributed by atoms with van der Waals surface area (Å²) in [6, 6.07) is 15.7. The van der Waals surface area contributed by atoms with Gasteiger partial charge in [-0.05, 0) is 47.7 Å². The molecule has 0 bridgehead atoms. The van der Waals surface area contributed by atoms with Crippen molar-refractivity contribution in [2.75, 3.05) is 31.5 Å². The van der Waals surface area contributed by atoms with Crippen LogP contribution in [0.5, 0.6) is 0 Å². The van der Waals surface area contributed by atoms with E-state index in [-0.39, 0.29) is 0 Å². The van der Waals surface area contributed by atoms with Gasteiger partial charge < -0.3 is 21.7 Å². The third-order valence-electron chi connectivity index (χ3n) is 4.48. The molecule has 1 aliphatic rings. The number of piperazine rings is 1. The summed E-state index contributed by atoms with van der Waals surface area (Å²) in [4.78, 5) is 9.60. The average molecular weight is 463 g/mol. The highest BCUT2D eigenvalue weighted by molar-refractivity contribution is 7.80. The van der Waals surface area contributed by atoms with Crippen molar-refractivity contribution < 1.29 is 0 Å². The zero-order chi connectivity index (χ0) is 23.7. The van der Waals surface area contributed by atoms with Crippen LogP contribution in [-0.4, -0.2) is 36.1 Å². The normalized spacial score (nSPS) is 13.1. The van der Waals surface area contributed by atoms with Gasteiger partial charge in [0.05, 0.1) is 0 Å². The minimum Gasteiger partial charge on any atom is -0.405 e. The van der Waals surface area contributed by atoms with Crippen LogP contribution < -0.4 is 21.7 Å². The van der Waals surface area contributed by atoms with Crippen molar-refractivity contribution in [3.05, 3.63) is 83.8 Å². The third-order valence-corrected chi connectivity index (χ3v) is 4.78. The number of nitrogens with zero attached hydrogens (tertiary/aromatic N) is 2. The van der Waals surface area contributed by atoms with Crippen LogP contribution in [0.3, 0.4) is 0 Å². The summed E-state index contributed by atoms with van der Waals surface area (Å²) in [5, 5.41) is 9.60. The largest absolute Gasteiger partial charge is 0.405 e. The molecule has 33 heavy (non-hydrogen) atoms. The number of nitrogens with one attached hydrogen (secondary N) is 3. The summed E-state index contributed by atoms with van der Waals surface area (Å²) in [6.07, 6.45) is 11.0. The zero-order valence-corrected chi connectivity index (χ0v) is 20.2. The second-order valence-electron chi connectivity index (χ2n) is 6.83. The Kier molecular flexibility index (Phi) is 12.4. The van der Waals surface area contributed by atoms with Gasteiger partial charge in [0.1, 0.15) is 0 Å². The van der Waals surface area contributed by atoms with Crippen molar-refractivity contribution in [2.24, 2.45) is 5.73 Å². The van der Waals surface area contributed by atoms with E-state index < -0.39 is 0 Å².